The largest absolute Gasteiger partial charge is 0.291 e. The van der Waals surface area contributed by atoms with Crippen LogP contribution in [0.2, 0.25) is 5.02 Å². The zero-order valence-corrected chi connectivity index (χ0v) is 15.4. The zero-order chi connectivity index (χ0) is 18.0. The lowest BCUT2D eigenvalue weighted by molar-refractivity contribution is -0.119. The van der Waals surface area contributed by atoms with E-state index in [4.69, 9.17) is 11.6 Å². The summed E-state index contributed by atoms with van der Waals surface area (Å²) in [6.07, 6.45) is 4.76. The topological polar surface area (TPSA) is 77.6 Å². The van der Waals surface area contributed by atoms with Crippen molar-refractivity contribution in [3.8, 4) is 0 Å². The van der Waals surface area contributed by atoms with Gasteiger partial charge in [0.25, 0.3) is 5.91 Å². The van der Waals surface area contributed by atoms with Gasteiger partial charge in [-0.15, -0.1) is 5.10 Å². The second-order valence-electron chi connectivity index (χ2n) is 5.31. The molecule has 0 radical (unpaired) electrons. The zero-order valence-electron chi connectivity index (χ0n) is 13.0. The lowest BCUT2D eigenvalue weighted by Crippen LogP contribution is -2.24. The van der Waals surface area contributed by atoms with E-state index in [1.165, 1.54) is 27.8 Å². The Bertz CT molecular complexity index is 911. The Morgan fingerprint density at radius 3 is 2.96 bits per heavy atom. The molecule has 3 rings (SSSR count). The summed E-state index contributed by atoms with van der Waals surface area (Å²) < 4.78 is 16.9. The van der Waals surface area contributed by atoms with Crippen LogP contribution in [-0.4, -0.2) is 30.5 Å². The molecule has 0 bridgehead atoms. The Balaban J connectivity index is 1.66. The van der Waals surface area contributed by atoms with E-state index in [0.29, 0.717) is 17.1 Å². The predicted octanol–water partition coefficient (Wildman–Crippen LogP) is 3.28. The van der Waals surface area contributed by atoms with Crippen LogP contribution < -0.4 is 5.32 Å². The standard InChI is InChI=1S/C15H13BrClFN6O/c1-9(24-7-11(16)5-20-24)14(25)21-15-19-8-23(22-15)6-10-2-3-12(18)4-13(10)17/h2-5,7-9H,6H2,1H3,(H,21,22,25). The molecule has 0 aliphatic heterocycles. The lowest BCUT2D eigenvalue weighted by atomic mass is 10.2. The van der Waals surface area contributed by atoms with Gasteiger partial charge in [0.1, 0.15) is 18.2 Å². The number of rotatable bonds is 5. The van der Waals surface area contributed by atoms with Gasteiger partial charge in [0.15, 0.2) is 0 Å². The monoisotopic (exact) mass is 426 g/mol. The first-order valence-electron chi connectivity index (χ1n) is 7.26. The van der Waals surface area contributed by atoms with Crippen LogP contribution in [0.5, 0.6) is 0 Å². The molecule has 0 aliphatic carbocycles. The molecule has 2 heterocycles. The van der Waals surface area contributed by atoms with Gasteiger partial charge in [-0.3, -0.25) is 14.8 Å². The second kappa shape index (κ2) is 7.32. The molecule has 0 fully saturated rings. The number of carbonyl (C=O) groups excluding carboxylic acids is 1. The van der Waals surface area contributed by atoms with Gasteiger partial charge >= 0.3 is 0 Å². The summed E-state index contributed by atoms with van der Waals surface area (Å²) in [4.78, 5) is 16.3. The fourth-order valence-corrected chi connectivity index (χ4v) is 2.64. The fourth-order valence-electron chi connectivity index (χ4n) is 2.11. The van der Waals surface area contributed by atoms with Crippen molar-refractivity contribution < 1.29 is 9.18 Å². The van der Waals surface area contributed by atoms with Crippen LogP contribution in [-0.2, 0) is 11.3 Å². The van der Waals surface area contributed by atoms with E-state index in [2.05, 4.69) is 36.4 Å². The number of anilines is 1. The van der Waals surface area contributed by atoms with Crippen molar-refractivity contribution in [2.75, 3.05) is 5.32 Å². The van der Waals surface area contributed by atoms with Gasteiger partial charge < -0.3 is 0 Å². The number of hydrogen-bond donors (Lipinski definition) is 1. The van der Waals surface area contributed by atoms with E-state index in [1.54, 1.807) is 25.4 Å². The van der Waals surface area contributed by atoms with Crippen molar-refractivity contribution in [1.82, 2.24) is 24.5 Å². The third-order valence-corrected chi connectivity index (χ3v) is 4.23. The van der Waals surface area contributed by atoms with Gasteiger partial charge in [0.2, 0.25) is 5.95 Å². The maximum absolute atomic E-state index is 13.1. The van der Waals surface area contributed by atoms with E-state index >= 15 is 0 Å². The maximum Gasteiger partial charge on any atom is 0.251 e. The Hall–Kier alpha value is -2.26. The lowest BCUT2D eigenvalue weighted by Gasteiger charge is -2.10. The molecule has 1 atom stereocenters. The molecule has 1 N–H and O–H groups in total. The molecule has 1 aromatic carbocycles. The van der Waals surface area contributed by atoms with E-state index in [0.717, 1.165) is 4.47 Å². The summed E-state index contributed by atoms with van der Waals surface area (Å²) in [6, 6.07) is 3.62. The van der Waals surface area contributed by atoms with Crippen LogP contribution in [0.25, 0.3) is 0 Å². The maximum atomic E-state index is 13.1. The number of amides is 1. The molecule has 0 spiro atoms. The highest BCUT2D eigenvalue weighted by atomic mass is 79.9. The van der Waals surface area contributed by atoms with E-state index in [1.807, 2.05) is 0 Å². The van der Waals surface area contributed by atoms with Gasteiger partial charge in [-0.2, -0.15) is 5.10 Å². The first kappa shape index (κ1) is 17.6. The minimum absolute atomic E-state index is 0.168. The molecule has 0 aliphatic rings. The van der Waals surface area contributed by atoms with Crippen molar-refractivity contribution in [2.45, 2.75) is 19.5 Å². The predicted molar refractivity (Wildman–Crippen MR) is 93.8 cm³/mol. The molecule has 0 saturated heterocycles. The number of benzene rings is 1. The molecule has 10 heteroatoms. The Morgan fingerprint density at radius 1 is 1.48 bits per heavy atom. The minimum Gasteiger partial charge on any atom is -0.291 e. The van der Waals surface area contributed by atoms with Gasteiger partial charge in [0, 0.05) is 11.2 Å². The normalized spacial score (nSPS) is 12.2. The molecule has 1 unspecified atom stereocenters. The molecule has 2 aromatic heterocycles. The molecule has 0 saturated carbocycles. The molecule has 130 valence electrons. The van der Waals surface area contributed by atoms with Crippen molar-refractivity contribution in [1.29, 1.82) is 0 Å². The van der Waals surface area contributed by atoms with Crippen LogP contribution in [0.3, 0.4) is 0 Å². The highest BCUT2D eigenvalue weighted by Crippen LogP contribution is 2.18. The SMILES string of the molecule is CC(C(=O)Nc1ncn(Cc2ccc(F)cc2Cl)n1)n1cc(Br)cn1. The van der Waals surface area contributed by atoms with Crippen molar-refractivity contribution in [2.24, 2.45) is 0 Å². The number of halogens is 3. The average Bonchev–Trinajstić information content (AvgIpc) is 3.18. The van der Waals surface area contributed by atoms with Crippen LogP contribution in [0.15, 0.2) is 41.4 Å². The summed E-state index contributed by atoms with van der Waals surface area (Å²) in [5, 5.41) is 11.2. The molecule has 3 aromatic rings. The smallest absolute Gasteiger partial charge is 0.251 e. The minimum atomic E-state index is -0.523. The number of hydrogen-bond acceptors (Lipinski definition) is 4. The molecule has 1 amide bonds. The van der Waals surface area contributed by atoms with Gasteiger partial charge in [0.05, 0.1) is 17.2 Å². The van der Waals surface area contributed by atoms with Gasteiger partial charge in [-0.1, -0.05) is 17.7 Å². The number of carbonyl (C=O) groups is 1. The van der Waals surface area contributed by atoms with Crippen LogP contribution >= 0.6 is 27.5 Å². The Kier molecular flexibility index (Phi) is 5.14. The van der Waals surface area contributed by atoms with Gasteiger partial charge in [-0.05, 0) is 40.5 Å². The van der Waals surface area contributed by atoms with E-state index < -0.39 is 11.9 Å². The molecular formula is C15H13BrClFN6O. The third-order valence-electron chi connectivity index (χ3n) is 3.47. The third kappa shape index (κ3) is 4.23. The first-order chi connectivity index (χ1) is 11.9. The molecule has 7 nitrogen and oxygen atoms in total. The summed E-state index contributed by atoms with van der Waals surface area (Å²) >= 11 is 9.28. The number of nitrogens with zero attached hydrogens (tertiary/aromatic N) is 5. The first-order valence-corrected chi connectivity index (χ1v) is 8.43. The van der Waals surface area contributed by atoms with Gasteiger partial charge in [-0.25, -0.2) is 14.1 Å². The highest BCUT2D eigenvalue weighted by molar-refractivity contribution is 9.10. The quantitative estimate of drug-likeness (QED) is 0.678. The van der Waals surface area contributed by atoms with Crippen molar-refractivity contribution >= 4 is 39.4 Å². The van der Waals surface area contributed by atoms with Crippen LogP contribution in [0, 0.1) is 5.82 Å². The number of nitrogens with one attached hydrogen (secondary N) is 1. The summed E-state index contributed by atoms with van der Waals surface area (Å²) in [5.74, 6) is -0.533. The second-order valence-corrected chi connectivity index (χ2v) is 6.63. The Morgan fingerprint density at radius 2 is 2.28 bits per heavy atom. The van der Waals surface area contributed by atoms with Crippen LogP contribution in [0.1, 0.15) is 18.5 Å². The van der Waals surface area contributed by atoms with E-state index in [-0.39, 0.29) is 11.9 Å². The van der Waals surface area contributed by atoms with Crippen molar-refractivity contribution in [3.05, 3.63) is 57.8 Å². The summed E-state index contributed by atoms with van der Waals surface area (Å²) in [5.41, 5.74) is 0.695. The fraction of sp³-hybridized carbons (Fsp3) is 0.200. The van der Waals surface area contributed by atoms with Crippen molar-refractivity contribution in [3.63, 3.8) is 0 Å². The highest BCUT2D eigenvalue weighted by Gasteiger charge is 2.17. The number of aromatic nitrogens is 5. The molecular weight excluding hydrogens is 415 g/mol. The summed E-state index contributed by atoms with van der Waals surface area (Å²) in [6.45, 7) is 2.02. The summed E-state index contributed by atoms with van der Waals surface area (Å²) in [7, 11) is 0. The van der Waals surface area contributed by atoms with E-state index in [9.17, 15) is 9.18 Å². The Labute approximate surface area is 155 Å². The molecule has 25 heavy (non-hydrogen) atoms. The van der Waals surface area contributed by atoms with Crippen LogP contribution in [0.4, 0.5) is 10.3 Å². The average molecular weight is 428 g/mol.